The summed E-state index contributed by atoms with van der Waals surface area (Å²) in [5.41, 5.74) is 3.26. The normalized spacial score (nSPS) is 15.4. The number of halogens is 1. The number of hydrogen-bond acceptors (Lipinski definition) is 4. The Morgan fingerprint density at radius 1 is 1.30 bits per heavy atom. The average molecular weight is 455 g/mol. The molecule has 0 bridgehead atoms. The van der Waals surface area contributed by atoms with Gasteiger partial charge in [-0.2, -0.15) is 0 Å². The number of carbonyl (C=O) groups excluding carboxylic acids is 2. The van der Waals surface area contributed by atoms with Gasteiger partial charge in [-0.1, -0.05) is 6.58 Å². The highest BCUT2D eigenvalue weighted by Gasteiger charge is 2.30. The van der Waals surface area contributed by atoms with Crippen molar-refractivity contribution in [2.75, 3.05) is 24.5 Å². The molecular formula is C25H31FN4O3. The van der Waals surface area contributed by atoms with E-state index in [-0.39, 0.29) is 29.6 Å². The van der Waals surface area contributed by atoms with Crippen LogP contribution in [-0.4, -0.2) is 47.4 Å². The fraction of sp³-hybridized carbons (Fsp3) is 0.400. The molecule has 0 spiro atoms. The topological polar surface area (TPSA) is 85.5 Å². The second-order valence-corrected chi connectivity index (χ2v) is 8.44. The van der Waals surface area contributed by atoms with Gasteiger partial charge in [0.15, 0.2) is 0 Å². The maximum atomic E-state index is 14.6. The summed E-state index contributed by atoms with van der Waals surface area (Å²) in [6.45, 7) is 12.7. The lowest BCUT2D eigenvalue weighted by atomic mass is 10.0. The van der Waals surface area contributed by atoms with Crippen LogP contribution in [-0.2, 0) is 11.3 Å². The Morgan fingerprint density at radius 2 is 2.03 bits per heavy atom. The van der Waals surface area contributed by atoms with Crippen molar-refractivity contribution in [3.05, 3.63) is 75.0 Å². The van der Waals surface area contributed by atoms with Gasteiger partial charge in [-0.05, 0) is 69.5 Å². The van der Waals surface area contributed by atoms with Gasteiger partial charge in [0, 0.05) is 54.7 Å². The standard InChI is InChI=1S/C25H31FN4O3/c1-6-23(31)29-9-8-19(14-29)30(7-2)22-12-18(26)11-20(17(22)5)24(32)27-13-21-15(3)10-16(4)28-25(21)33/h6,10-12,19H,1,7-9,13-14H2,2-5H3,(H,27,32)(H,28,33). The zero-order valence-corrected chi connectivity index (χ0v) is 19.6. The van der Waals surface area contributed by atoms with E-state index in [2.05, 4.69) is 16.9 Å². The molecule has 2 N–H and O–H groups in total. The summed E-state index contributed by atoms with van der Waals surface area (Å²) < 4.78 is 14.6. The molecule has 0 aliphatic carbocycles. The molecule has 0 radical (unpaired) electrons. The van der Waals surface area contributed by atoms with Gasteiger partial charge in [0.25, 0.3) is 11.5 Å². The highest BCUT2D eigenvalue weighted by atomic mass is 19.1. The molecule has 7 nitrogen and oxygen atoms in total. The van der Waals surface area contributed by atoms with Crippen LogP contribution in [0.4, 0.5) is 10.1 Å². The number of likely N-dealkylation sites (tertiary alicyclic amines) is 1. The van der Waals surface area contributed by atoms with E-state index in [0.717, 1.165) is 17.7 Å². The van der Waals surface area contributed by atoms with Gasteiger partial charge in [0.1, 0.15) is 5.82 Å². The minimum atomic E-state index is -0.513. The third-order valence-electron chi connectivity index (χ3n) is 6.25. The van der Waals surface area contributed by atoms with E-state index >= 15 is 0 Å². The first-order valence-corrected chi connectivity index (χ1v) is 11.1. The Kier molecular flexibility index (Phi) is 7.36. The monoisotopic (exact) mass is 454 g/mol. The molecule has 2 heterocycles. The molecule has 1 aliphatic heterocycles. The molecule has 1 atom stereocenters. The number of likely N-dealkylation sites (N-methyl/N-ethyl adjacent to an activating group) is 1. The van der Waals surface area contributed by atoms with E-state index in [1.54, 1.807) is 18.7 Å². The zero-order chi connectivity index (χ0) is 24.3. The van der Waals surface area contributed by atoms with E-state index < -0.39 is 11.7 Å². The molecule has 1 aromatic heterocycles. The third kappa shape index (κ3) is 5.16. The molecule has 1 saturated heterocycles. The number of nitrogens with one attached hydrogen (secondary N) is 2. The molecular weight excluding hydrogens is 423 g/mol. The van der Waals surface area contributed by atoms with Crippen molar-refractivity contribution in [2.24, 2.45) is 0 Å². The van der Waals surface area contributed by atoms with Crippen molar-refractivity contribution < 1.29 is 14.0 Å². The number of benzene rings is 1. The van der Waals surface area contributed by atoms with Gasteiger partial charge in [0.2, 0.25) is 5.91 Å². The van der Waals surface area contributed by atoms with Crippen LogP contribution in [0.5, 0.6) is 0 Å². The van der Waals surface area contributed by atoms with E-state index in [9.17, 15) is 18.8 Å². The van der Waals surface area contributed by atoms with Crippen LogP contribution in [0.25, 0.3) is 0 Å². The van der Waals surface area contributed by atoms with E-state index in [4.69, 9.17) is 0 Å². The van der Waals surface area contributed by atoms with Crippen LogP contribution < -0.4 is 15.8 Å². The summed E-state index contributed by atoms with van der Waals surface area (Å²) in [6.07, 6.45) is 2.05. The molecule has 176 valence electrons. The quantitative estimate of drug-likeness (QED) is 0.630. The van der Waals surface area contributed by atoms with Crippen LogP contribution >= 0.6 is 0 Å². The number of amides is 2. The number of hydrogen-bond donors (Lipinski definition) is 2. The molecule has 33 heavy (non-hydrogen) atoms. The summed E-state index contributed by atoms with van der Waals surface area (Å²) in [5, 5.41) is 2.76. The lowest BCUT2D eigenvalue weighted by Gasteiger charge is -2.32. The third-order valence-corrected chi connectivity index (χ3v) is 6.25. The molecule has 1 aromatic carbocycles. The summed E-state index contributed by atoms with van der Waals surface area (Å²) in [4.78, 5) is 43.7. The zero-order valence-electron chi connectivity index (χ0n) is 19.6. The molecule has 1 unspecified atom stereocenters. The van der Waals surface area contributed by atoms with Gasteiger partial charge in [-0.25, -0.2) is 4.39 Å². The fourth-order valence-corrected chi connectivity index (χ4v) is 4.51. The van der Waals surface area contributed by atoms with Crippen LogP contribution in [0.3, 0.4) is 0 Å². The highest BCUT2D eigenvalue weighted by Crippen LogP contribution is 2.29. The predicted molar refractivity (Wildman–Crippen MR) is 127 cm³/mol. The Morgan fingerprint density at radius 3 is 2.67 bits per heavy atom. The number of anilines is 1. The molecule has 1 fully saturated rings. The summed E-state index contributed by atoms with van der Waals surface area (Å²) in [5.74, 6) is -1.08. The van der Waals surface area contributed by atoms with E-state index in [1.165, 1.54) is 18.2 Å². The Hall–Kier alpha value is -3.42. The smallest absolute Gasteiger partial charge is 0.253 e. The second kappa shape index (κ2) is 10.0. The maximum absolute atomic E-state index is 14.6. The Balaban J connectivity index is 1.84. The SMILES string of the molecule is C=CC(=O)N1CCC(N(CC)c2cc(F)cc(C(=O)NCc3c(C)cc(C)[nH]c3=O)c2C)C1. The molecule has 1 aliphatic rings. The molecule has 3 rings (SSSR count). The van der Waals surface area contributed by atoms with Gasteiger partial charge >= 0.3 is 0 Å². The lowest BCUT2D eigenvalue weighted by Crippen LogP contribution is -2.39. The number of carbonyl (C=O) groups is 2. The van der Waals surface area contributed by atoms with Crippen LogP contribution in [0.15, 0.2) is 35.6 Å². The number of nitrogens with zero attached hydrogens (tertiary/aromatic N) is 2. The van der Waals surface area contributed by atoms with E-state index in [0.29, 0.717) is 36.4 Å². The first-order valence-electron chi connectivity index (χ1n) is 11.1. The summed E-state index contributed by atoms with van der Waals surface area (Å²) in [6, 6.07) is 4.51. The number of aromatic nitrogens is 1. The van der Waals surface area contributed by atoms with Gasteiger partial charge in [-0.15, -0.1) is 0 Å². The lowest BCUT2D eigenvalue weighted by molar-refractivity contribution is -0.125. The first-order chi connectivity index (χ1) is 15.7. The van der Waals surface area contributed by atoms with Crippen molar-refractivity contribution in [1.82, 2.24) is 15.2 Å². The number of H-pyrrole nitrogens is 1. The number of aromatic amines is 1. The van der Waals surface area contributed by atoms with Crippen LogP contribution in [0, 0.1) is 26.6 Å². The van der Waals surface area contributed by atoms with Crippen molar-refractivity contribution in [1.29, 1.82) is 0 Å². The largest absolute Gasteiger partial charge is 0.367 e. The number of rotatable bonds is 7. The first kappa shape index (κ1) is 24.2. The summed E-state index contributed by atoms with van der Waals surface area (Å²) >= 11 is 0. The predicted octanol–water partition coefficient (Wildman–Crippen LogP) is 2.98. The maximum Gasteiger partial charge on any atom is 0.253 e. The van der Waals surface area contributed by atoms with Crippen molar-refractivity contribution >= 4 is 17.5 Å². The van der Waals surface area contributed by atoms with Crippen LogP contribution in [0.2, 0.25) is 0 Å². The Bertz CT molecular complexity index is 1140. The van der Waals surface area contributed by atoms with Gasteiger partial charge < -0.3 is 20.1 Å². The van der Waals surface area contributed by atoms with Crippen molar-refractivity contribution in [2.45, 2.75) is 46.7 Å². The molecule has 2 aromatic rings. The van der Waals surface area contributed by atoms with Crippen LogP contribution in [0.1, 0.15) is 46.1 Å². The second-order valence-electron chi connectivity index (χ2n) is 8.44. The van der Waals surface area contributed by atoms with Gasteiger partial charge in [-0.3, -0.25) is 14.4 Å². The fourth-order valence-electron chi connectivity index (χ4n) is 4.51. The van der Waals surface area contributed by atoms with E-state index in [1.807, 2.05) is 24.8 Å². The number of aryl methyl sites for hydroxylation is 2. The minimum Gasteiger partial charge on any atom is -0.367 e. The van der Waals surface area contributed by atoms with Crippen molar-refractivity contribution in [3.63, 3.8) is 0 Å². The van der Waals surface area contributed by atoms with Crippen molar-refractivity contribution in [3.8, 4) is 0 Å². The highest BCUT2D eigenvalue weighted by molar-refractivity contribution is 5.97. The number of pyridine rings is 1. The minimum absolute atomic E-state index is 0.0177. The Labute approximate surface area is 193 Å². The molecule has 8 heteroatoms. The molecule has 0 saturated carbocycles. The average Bonchev–Trinajstić information content (AvgIpc) is 3.24. The molecule has 2 amide bonds. The summed E-state index contributed by atoms with van der Waals surface area (Å²) in [7, 11) is 0. The van der Waals surface area contributed by atoms with Gasteiger partial charge in [0.05, 0.1) is 0 Å².